The van der Waals surface area contributed by atoms with Crippen molar-refractivity contribution < 1.29 is 64.0 Å². The Morgan fingerprint density at radius 2 is 1.63 bits per heavy atom. The van der Waals surface area contributed by atoms with Crippen molar-refractivity contribution in [2.24, 2.45) is 28.8 Å². The number of ether oxygens (including phenoxy) is 6. The molecule has 0 spiro atoms. The highest BCUT2D eigenvalue weighted by molar-refractivity contribution is 5.88. The van der Waals surface area contributed by atoms with Gasteiger partial charge in [-0.3, -0.25) is 4.79 Å². The Hall–Kier alpha value is -2.08. The van der Waals surface area contributed by atoms with Crippen LogP contribution >= 0.6 is 0 Å². The second kappa shape index (κ2) is 17.4. The number of carbonyl (C=O) groups is 1. The van der Waals surface area contributed by atoms with E-state index >= 15 is 0 Å². The summed E-state index contributed by atoms with van der Waals surface area (Å²) in [6, 6.07) is -0.323. The van der Waals surface area contributed by atoms with E-state index in [-0.39, 0.29) is 48.6 Å². The number of esters is 1. The van der Waals surface area contributed by atoms with E-state index in [9.17, 15) is 35.5 Å². The quantitative estimate of drug-likeness (QED) is 0.126. The second-order valence-electron chi connectivity index (χ2n) is 15.6. The Labute approximate surface area is 302 Å². The predicted molar refractivity (Wildman–Crippen MR) is 186 cm³/mol. The van der Waals surface area contributed by atoms with Gasteiger partial charge < -0.3 is 64.1 Å². The molecule has 6 N–H and O–H groups in total. The third-order valence-corrected chi connectivity index (χ3v) is 11.1. The summed E-state index contributed by atoms with van der Waals surface area (Å²) in [5, 5.41) is 71.2. The Balaban J connectivity index is 2.20. The van der Waals surface area contributed by atoms with Crippen LogP contribution in [0.4, 0.5) is 0 Å². The molecule has 15 nitrogen and oxygen atoms in total. The number of likely N-dealkylation sites (N-methyl/N-ethyl adjacent to an activating group) is 1. The van der Waals surface area contributed by atoms with Crippen LogP contribution in [-0.2, 0) is 33.2 Å². The molecule has 0 bridgehead atoms. The van der Waals surface area contributed by atoms with Crippen LogP contribution in [-0.4, -0.2) is 141 Å². The van der Waals surface area contributed by atoms with Crippen LogP contribution in [0.2, 0.25) is 0 Å². The molecule has 16 atom stereocenters. The van der Waals surface area contributed by atoms with Crippen LogP contribution < -0.4 is 0 Å². The summed E-state index contributed by atoms with van der Waals surface area (Å²) < 4.78 is 36.6. The van der Waals surface area contributed by atoms with Crippen molar-refractivity contribution in [3.8, 4) is 0 Å². The van der Waals surface area contributed by atoms with Crippen LogP contribution in [0.15, 0.2) is 16.7 Å². The maximum Gasteiger partial charge on any atom is 0.311 e. The van der Waals surface area contributed by atoms with Gasteiger partial charge in [0, 0.05) is 23.8 Å². The minimum absolute atomic E-state index is 0.00971. The van der Waals surface area contributed by atoms with E-state index in [1.54, 1.807) is 48.5 Å². The number of aliphatic hydroxyl groups is 5. The number of hydrogen-bond donors (Lipinski definition) is 6. The molecule has 0 aliphatic carbocycles. The van der Waals surface area contributed by atoms with Crippen molar-refractivity contribution in [1.29, 1.82) is 0 Å². The lowest BCUT2D eigenvalue weighted by atomic mass is 9.73. The first-order valence-corrected chi connectivity index (χ1v) is 18.1. The summed E-state index contributed by atoms with van der Waals surface area (Å²) in [6.07, 6.45) is -8.77. The first-order chi connectivity index (χ1) is 23.6. The maximum absolute atomic E-state index is 14.1. The van der Waals surface area contributed by atoms with E-state index in [0.29, 0.717) is 6.42 Å². The summed E-state index contributed by atoms with van der Waals surface area (Å²) in [5.74, 6) is -4.10. The van der Waals surface area contributed by atoms with Crippen LogP contribution in [0.1, 0.15) is 88.0 Å². The predicted octanol–water partition coefficient (Wildman–Crippen LogP) is 2.70. The Morgan fingerprint density at radius 3 is 2.18 bits per heavy atom. The molecule has 6 unspecified atom stereocenters. The minimum atomic E-state index is -1.97. The average molecular weight is 733 g/mol. The molecule has 0 aromatic heterocycles. The summed E-state index contributed by atoms with van der Waals surface area (Å²) in [4.78, 5) is 15.9. The third kappa shape index (κ3) is 9.54. The number of methoxy groups -OCH3 is 1. The van der Waals surface area contributed by atoms with Crippen LogP contribution in [0.3, 0.4) is 0 Å². The molecule has 15 heteroatoms. The number of rotatable bonds is 7. The number of carbonyl (C=O) groups excluding carboxylic acids is 1. The van der Waals surface area contributed by atoms with Gasteiger partial charge >= 0.3 is 5.97 Å². The van der Waals surface area contributed by atoms with Gasteiger partial charge in [-0.25, -0.2) is 0 Å². The highest BCUT2D eigenvalue weighted by Gasteiger charge is 2.52. The molecule has 3 rings (SSSR count). The molecule has 51 heavy (non-hydrogen) atoms. The van der Waals surface area contributed by atoms with Gasteiger partial charge in [-0.1, -0.05) is 32.9 Å². The largest absolute Gasteiger partial charge is 0.506 e. The van der Waals surface area contributed by atoms with Crippen molar-refractivity contribution in [3.05, 3.63) is 11.5 Å². The number of hydrogen-bond acceptors (Lipinski definition) is 15. The minimum Gasteiger partial charge on any atom is -0.506 e. The van der Waals surface area contributed by atoms with Crippen LogP contribution in [0.5, 0.6) is 0 Å². The molecule has 0 aromatic carbocycles. The van der Waals surface area contributed by atoms with Crippen LogP contribution in [0, 0.1) is 23.7 Å². The lowest BCUT2D eigenvalue weighted by molar-refractivity contribution is -0.305. The Bertz CT molecular complexity index is 1230. The summed E-state index contributed by atoms with van der Waals surface area (Å²) in [5.41, 5.74) is -3.63. The van der Waals surface area contributed by atoms with Gasteiger partial charge in [-0.2, -0.15) is 0 Å². The molecule has 2 saturated heterocycles. The fourth-order valence-electron chi connectivity index (χ4n) is 8.11. The highest BCUT2D eigenvalue weighted by atomic mass is 16.7. The SMILES string of the molecule is CC[C@H]1OC(=O)[C@H](C)[C@@H](OC2CC(OC)=C(O)C(C)O2)[C@H](C)[C@@H](OC2OC(C)CC(N(C)C)C2O)[C@](C)(O)C[C@@H](C)/C(=N\O)[C@H](C)[C@@H](O)[C@]1(C)O. The summed E-state index contributed by atoms with van der Waals surface area (Å²) >= 11 is 0. The third-order valence-electron chi connectivity index (χ3n) is 11.1. The van der Waals surface area contributed by atoms with E-state index in [4.69, 9.17) is 28.4 Å². The Morgan fingerprint density at radius 1 is 1.00 bits per heavy atom. The normalized spacial score (nSPS) is 46.1. The highest BCUT2D eigenvalue weighted by Crippen LogP contribution is 2.40. The number of oxime groups is 1. The standard InChI is InChI=1S/C36H64N2O13/c1-13-25-36(9,44)31(41)19(4)27(37-45)17(2)16-35(8,43)32(51-34-29(40)23(38(10)11)14-18(3)47-34)20(5)30(21(6)33(42)49-25)50-26-15-24(46-12)28(39)22(7)48-26/h17-23,25-26,29-32,34,39-41,43-45H,13-16H2,1-12H3/b37-27+/t17-,18?,19+,20+,21-,22?,23?,25-,26?,29?,30+,31-,32-,34?,35-,36-/m1/s1. The number of nitrogens with zero attached hydrogens (tertiary/aromatic N) is 2. The van der Waals surface area contributed by atoms with E-state index < -0.39 is 90.0 Å². The van der Waals surface area contributed by atoms with Gasteiger partial charge in [0.15, 0.2) is 18.3 Å². The van der Waals surface area contributed by atoms with Crippen molar-refractivity contribution in [2.75, 3.05) is 21.2 Å². The zero-order valence-corrected chi connectivity index (χ0v) is 32.3. The number of cyclic esters (lactones) is 1. The molecule has 0 aromatic rings. The van der Waals surface area contributed by atoms with Gasteiger partial charge in [0.1, 0.15) is 29.7 Å². The second-order valence-corrected chi connectivity index (χ2v) is 15.6. The Kier molecular flexibility index (Phi) is 14.8. The molecular formula is C36H64N2O13. The molecule has 296 valence electrons. The van der Waals surface area contributed by atoms with Gasteiger partial charge in [0.2, 0.25) is 0 Å². The van der Waals surface area contributed by atoms with E-state index in [0.717, 1.165) is 0 Å². The summed E-state index contributed by atoms with van der Waals surface area (Å²) in [7, 11) is 5.11. The van der Waals surface area contributed by atoms with E-state index in [1.807, 2.05) is 25.9 Å². The van der Waals surface area contributed by atoms with Gasteiger partial charge in [-0.05, 0) is 68.0 Å². The fourth-order valence-corrected chi connectivity index (χ4v) is 8.11. The molecular weight excluding hydrogens is 668 g/mol. The lowest BCUT2D eigenvalue weighted by Gasteiger charge is -2.48. The molecule has 3 heterocycles. The smallest absolute Gasteiger partial charge is 0.311 e. The van der Waals surface area contributed by atoms with Crippen molar-refractivity contribution in [2.45, 2.75) is 161 Å². The van der Waals surface area contributed by atoms with Crippen molar-refractivity contribution >= 4 is 11.7 Å². The number of aliphatic hydroxyl groups excluding tert-OH is 3. The topological polar surface area (TPSA) is 209 Å². The van der Waals surface area contributed by atoms with Gasteiger partial charge in [-0.15, -0.1) is 0 Å². The summed E-state index contributed by atoms with van der Waals surface area (Å²) in [6.45, 7) is 14.7. The first-order valence-electron chi connectivity index (χ1n) is 18.1. The molecule has 3 aliphatic heterocycles. The van der Waals surface area contributed by atoms with Crippen molar-refractivity contribution in [3.63, 3.8) is 0 Å². The first kappa shape index (κ1) is 43.3. The van der Waals surface area contributed by atoms with Gasteiger partial charge in [0.25, 0.3) is 0 Å². The molecule has 2 fully saturated rings. The van der Waals surface area contributed by atoms with E-state index in [1.165, 1.54) is 14.0 Å². The molecule has 0 radical (unpaired) electrons. The molecule has 3 aliphatic rings. The average Bonchev–Trinajstić information content (AvgIpc) is 3.05. The van der Waals surface area contributed by atoms with Crippen LogP contribution in [0.25, 0.3) is 0 Å². The lowest BCUT2D eigenvalue weighted by Crippen LogP contribution is -2.60. The van der Waals surface area contributed by atoms with Gasteiger partial charge in [0.05, 0.1) is 55.2 Å². The zero-order chi connectivity index (χ0) is 38.7. The van der Waals surface area contributed by atoms with E-state index in [2.05, 4.69) is 5.16 Å². The van der Waals surface area contributed by atoms with Crippen molar-refractivity contribution in [1.82, 2.24) is 4.90 Å². The molecule has 0 amide bonds. The monoisotopic (exact) mass is 732 g/mol. The fraction of sp³-hybridized carbons (Fsp3) is 0.889. The zero-order valence-electron chi connectivity index (χ0n) is 32.3. The molecule has 0 saturated carbocycles. The maximum atomic E-state index is 14.1.